The number of benzene rings is 2. The molecule has 0 bridgehead atoms. The first-order valence-corrected chi connectivity index (χ1v) is 10.6. The van der Waals surface area contributed by atoms with E-state index in [1.54, 1.807) is 18.7 Å². The lowest BCUT2D eigenvalue weighted by Crippen LogP contribution is -2.01. The second-order valence-corrected chi connectivity index (χ2v) is 8.02. The van der Waals surface area contributed by atoms with Gasteiger partial charge < -0.3 is 9.67 Å². The Balaban J connectivity index is 1.74. The molecule has 6 nitrogen and oxygen atoms in total. The lowest BCUT2D eigenvalue weighted by Gasteiger charge is -2.13. The van der Waals surface area contributed by atoms with Crippen LogP contribution < -0.4 is 0 Å². The van der Waals surface area contributed by atoms with Crippen LogP contribution >= 0.6 is 23.2 Å². The number of aliphatic hydroxyl groups excluding tert-OH is 1. The second-order valence-electron chi connectivity index (χ2n) is 7.29. The zero-order chi connectivity index (χ0) is 22.2. The largest absolute Gasteiger partial charge is 0.388 e. The van der Waals surface area contributed by atoms with Crippen LogP contribution in [0.15, 0.2) is 67.3 Å². The quantitative estimate of drug-likeness (QED) is 0.354. The molecular formula is C24H17Cl2N5O. The molecule has 0 aliphatic rings. The number of imidazole rings is 1. The van der Waals surface area contributed by atoms with Crippen molar-refractivity contribution in [2.75, 3.05) is 0 Å². The molecule has 5 rings (SSSR count). The highest BCUT2D eigenvalue weighted by molar-refractivity contribution is 6.42. The monoisotopic (exact) mass is 461 g/mol. The summed E-state index contributed by atoms with van der Waals surface area (Å²) in [5.74, 6) is 0.337. The minimum absolute atomic E-state index is 0.252. The number of hydrogen-bond acceptors (Lipinski definition) is 5. The zero-order valence-electron chi connectivity index (χ0n) is 17.0. The van der Waals surface area contributed by atoms with Gasteiger partial charge in [-0.05, 0) is 23.3 Å². The molecule has 0 aliphatic carbocycles. The van der Waals surface area contributed by atoms with Crippen LogP contribution in [0.2, 0.25) is 10.2 Å². The molecule has 3 aromatic heterocycles. The summed E-state index contributed by atoms with van der Waals surface area (Å²) >= 11 is 13.3. The predicted molar refractivity (Wildman–Crippen MR) is 126 cm³/mol. The van der Waals surface area contributed by atoms with Gasteiger partial charge in [-0.3, -0.25) is 0 Å². The van der Waals surface area contributed by atoms with Crippen molar-refractivity contribution in [2.45, 2.75) is 6.61 Å². The Morgan fingerprint density at radius 1 is 0.969 bits per heavy atom. The SMILES string of the molecule is Cn1cncc1-c1nc(CO)ncc1-c1ccc2nc(Cl)c(-c3ccccc3)c(Cl)c2c1. The third-order valence-corrected chi connectivity index (χ3v) is 5.96. The first-order chi connectivity index (χ1) is 15.6. The smallest absolute Gasteiger partial charge is 0.154 e. The maximum Gasteiger partial charge on any atom is 0.154 e. The van der Waals surface area contributed by atoms with E-state index in [-0.39, 0.29) is 6.61 Å². The Labute approximate surface area is 194 Å². The molecule has 5 aromatic rings. The van der Waals surface area contributed by atoms with E-state index in [0.717, 1.165) is 27.8 Å². The van der Waals surface area contributed by atoms with Gasteiger partial charge in [0.2, 0.25) is 0 Å². The average Bonchev–Trinajstić information content (AvgIpc) is 3.25. The van der Waals surface area contributed by atoms with E-state index in [1.807, 2.05) is 60.1 Å². The first kappa shape index (κ1) is 20.6. The molecule has 0 radical (unpaired) electrons. The van der Waals surface area contributed by atoms with Crippen molar-refractivity contribution in [1.29, 1.82) is 0 Å². The van der Waals surface area contributed by atoms with E-state index < -0.39 is 0 Å². The number of nitrogens with zero attached hydrogens (tertiary/aromatic N) is 5. The van der Waals surface area contributed by atoms with Gasteiger partial charge in [0.1, 0.15) is 11.8 Å². The molecule has 2 aromatic carbocycles. The summed E-state index contributed by atoms with van der Waals surface area (Å²) < 4.78 is 1.87. The second kappa shape index (κ2) is 8.31. The van der Waals surface area contributed by atoms with Crippen molar-refractivity contribution in [3.8, 4) is 33.6 Å². The zero-order valence-corrected chi connectivity index (χ0v) is 18.5. The van der Waals surface area contributed by atoms with Gasteiger partial charge in [-0.2, -0.15) is 0 Å². The number of aryl methyl sites for hydroxylation is 1. The Bertz CT molecular complexity index is 1450. The highest BCUT2D eigenvalue weighted by Gasteiger charge is 2.18. The highest BCUT2D eigenvalue weighted by Crippen LogP contribution is 2.40. The summed E-state index contributed by atoms with van der Waals surface area (Å²) in [5.41, 5.74) is 5.42. The summed E-state index contributed by atoms with van der Waals surface area (Å²) in [6, 6.07) is 15.5. The molecule has 0 saturated heterocycles. The summed E-state index contributed by atoms with van der Waals surface area (Å²) in [6.45, 7) is -0.252. The number of aromatic nitrogens is 5. The number of pyridine rings is 1. The van der Waals surface area contributed by atoms with Crippen LogP contribution in [0, 0.1) is 0 Å². The molecule has 3 heterocycles. The van der Waals surface area contributed by atoms with Gasteiger partial charge in [0.15, 0.2) is 5.82 Å². The summed E-state index contributed by atoms with van der Waals surface area (Å²) in [5, 5.41) is 11.2. The molecule has 32 heavy (non-hydrogen) atoms. The third-order valence-electron chi connectivity index (χ3n) is 5.29. The van der Waals surface area contributed by atoms with Crippen molar-refractivity contribution in [1.82, 2.24) is 24.5 Å². The van der Waals surface area contributed by atoms with Crippen LogP contribution in [-0.4, -0.2) is 29.6 Å². The summed E-state index contributed by atoms with van der Waals surface area (Å²) in [6.07, 6.45) is 5.14. The van der Waals surface area contributed by atoms with Crippen molar-refractivity contribution < 1.29 is 5.11 Å². The topological polar surface area (TPSA) is 76.7 Å². The fourth-order valence-electron chi connectivity index (χ4n) is 3.70. The van der Waals surface area contributed by atoms with Crippen LogP contribution in [0.3, 0.4) is 0 Å². The highest BCUT2D eigenvalue weighted by atomic mass is 35.5. The maximum absolute atomic E-state index is 9.55. The Kier molecular flexibility index (Phi) is 5.35. The molecule has 0 atom stereocenters. The van der Waals surface area contributed by atoms with Gasteiger partial charge in [0, 0.05) is 29.8 Å². The van der Waals surface area contributed by atoms with Gasteiger partial charge in [-0.15, -0.1) is 0 Å². The van der Waals surface area contributed by atoms with E-state index in [0.29, 0.717) is 32.8 Å². The average molecular weight is 462 g/mol. The van der Waals surface area contributed by atoms with E-state index in [9.17, 15) is 5.11 Å². The number of hydrogen-bond donors (Lipinski definition) is 1. The standard InChI is InChI=1S/C24H17Cl2N5O/c1-31-13-27-11-19(31)23-17(10-28-20(12-32)30-23)15-7-8-18-16(9-15)22(25)21(24(26)29-18)14-5-3-2-4-6-14/h2-11,13,32H,12H2,1H3. The molecule has 0 aliphatic heterocycles. The Morgan fingerprint density at radius 3 is 2.50 bits per heavy atom. The first-order valence-electron chi connectivity index (χ1n) is 9.85. The lowest BCUT2D eigenvalue weighted by molar-refractivity contribution is 0.271. The fourth-order valence-corrected chi connectivity index (χ4v) is 4.39. The van der Waals surface area contributed by atoms with Crippen molar-refractivity contribution in [2.24, 2.45) is 7.05 Å². The van der Waals surface area contributed by atoms with Crippen LogP contribution in [0.5, 0.6) is 0 Å². The molecule has 0 amide bonds. The van der Waals surface area contributed by atoms with Crippen LogP contribution in [0.4, 0.5) is 0 Å². The van der Waals surface area contributed by atoms with Crippen LogP contribution in [0.1, 0.15) is 5.82 Å². The van der Waals surface area contributed by atoms with Gasteiger partial charge in [-0.25, -0.2) is 19.9 Å². The summed E-state index contributed by atoms with van der Waals surface area (Å²) in [4.78, 5) is 17.6. The molecule has 0 saturated carbocycles. The minimum Gasteiger partial charge on any atom is -0.388 e. The van der Waals surface area contributed by atoms with Crippen LogP contribution in [-0.2, 0) is 13.7 Å². The number of rotatable bonds is 4. The molecule has 158 valence electrons. The molecule has 8 heteroatoms. The molecule has 0 unspecified atom stereocenters. The minimum atomic E-state index is -0.252. The number of halogens is 2. The number of aliphatic hydroxyl groups is 1. The van der Waals surface area contributed by atoms with E-state index in [4.69, 9.17) is 23.2 Å². The molecule has 0 spiro atoms. The predicted octanol–water partition coefficient (Wildman–Crippen LogP) is 5.56. The van der Waals surface area contributed by atoms with E-state index >= 15 is 0 Å². The fraction of sp³-hybridized carbons (Fsp3) is 0.0833. The molecular weight excluding hydrogens is 445 g/mol. The van der Waals surface area contributed by atoms with Crippen molar-refractivity contribution in [3.63, 3.8) is 0 Å². The molecule has 1 N–H and O–H groups in total. The normalized spacial score (nSPS) is 11.2. The van der Waals surface area contributed by atoms with Gasteiger partial charge in [0.05, 0.1) is 34.5 Å². The molecule has 0 fully saturated rings. The maximum atomic E-state index is 9.55. The van der Waals surface area contributed by atoms with E-state index in [1.165, 1.54) is 0 Å². The summed E-state index contributed by atoms with van der Waals surface area (Å²) in [7, 11) is 1.89. The number of fused-ring (bicyclic) bond motifs is 1. The Hall–Kier alpha value is -3.32. The van der Waals surface area contributed by atoms with Crippen molar-refractivity contribution in [3.05, 3.63) is 83.3 Å². The van der Waals surface area contributed by atoms with Crippen molar-refractivity contribution >= 4 is 34.1 Å². The third kappa shape index (κ3) is 3.52. The van der Waals surface area contributed by atoms with Gasteiger partial charge in [0.25, 0.3) is 0 Å². The van der Waals surface area contributed by atoms with Gasteiger partial charge >= 0.3 is 0 Å². The van der Waals surface area contributed by atoms with Gasteiger partial charge in [-0.1, -0.05) is 59.6 Å². The Morgan fingerprint density at radius 2 is 1.78 bits per heavy atom. The van der Waals surface area contributed by atoms with E-state index in [2.05, 4.69) is 19.9 Å². The van der Waals surface area contributed by atoms with Crippen LogP contribution in [0.25, 0.3) is 44.5 Å². The lowest BCUT2D eigenvalue weighted by atomic mass is 9.99.